The van der Waals surface area contributed by atoms with Crippen molar-refractivity contribution >= 4 is 11.5 Å². The highest BCUT2D eigenvalue weighted by molar-refractivity contribution is 5.57. The lowest BCUT2D eigenvalue weighted by atomic mass is 10.0. The fraction of sp³-hybridized carbons (Fsp3) is 0.368. The first-order chi connectivity index (χ1) is 11.6. The van der Waals surface area contributed by atoms with Gasteiger partial charge in [-0.05, 0) is 26.3 Å². The molecular formula is C19H23N5. The molecule has 1 aliphatic rings. The second kappa shape index (κ2) is 5.91. The molecule has 0 saturated carbocycles. The maximum Gasteiger partial charge on any atom is 0.160 e. The van der Waals surface area contributed by atoms with Crippen LogP contribution in [0, 0.1) is 20.8 Å². The number of nitrogens with zero attached hydrogens (tertiary/aromatic N) is 4. The lowest BCUT2D eigenvalue weighted by Gasteiger charge is -2.35. The number of piperazine rings is 1. The van der Waals surface area contributed by atoms with Crippen LogP contribution in [0.15, 0.2) is 36.4 Å². The molecular weight excluding hydrogens is 298 g/mol. The second-order valence-electron chi connectivity index (χ2n) is 6.56. The smallest absolute Gasteiger partial charge is 0.160 e. The summed E-state index contributed by atoms with van der Waals surface area (Å²) < 4.78 is 2.00. The third kappa shape index (κ3) is 2.55. The van der Waals surface area contributed by atoms with Crippen LogP contribution < -0.4 is 10.2 Å². The van der Waals surface area contributed by atoms with Crippen LogP contribution in [0.5, 0.6) is 0 Å². The average Bonchev–Trinajstić information content (AvgIpc) is 2.90. The Morgan fingerprint density at radius 1 is 1.12 bits per heavy atom. The number of hydrogen-bond donors (Lipinski definition) is 1. The molecule has 0 spiro atoms. The molecule has 1 saturated heterocycles. The maximum atomic E-state index is 4.72. The van der Waals surface area contributed by atoms with Crippen molar-refractivity contribution in [3.05, 3.63) is 58.9 Å². The minimum Gasteiger partial charge on any atom is -0.353 e. The summed E-state index contributed by atoms with van der Waals surface area (Å²) >= 11 is 0. The van der Waals surface area contributed by atoms with Crippen molar-refractivity contribution in [1.29, 1.82) is 0 Å². The SMILES string of the molecule is Cc1cc(N2CCNC(c3ccccc3)C2)n2nc(C)c(C)c2n1. The highest BCUT2D eigenvalue weighted by Gasteiger charge is 2.23. The van der Waals surface area contributed by atoms with Crippen molar-refractivity contribution in [2.75, 3.05) is 24.5 Å². The molecule has 0 amide bonds. The van der Waals surface area contributed by atoms with Gasteiger partial charge >= 0.3 is 0 Å². The van der Waals surface area contributed by atoms with Crippen LogP contribution in [0.3, 0.4) is 0 Å². The Balaban J connectivity index is 1.73. The van der Waals surface area contributed by atoms with Crippen LogP contribution in [-0.4, -0.2) is 34.2 Å². The standard InChI is InChI=1S/C19H23N5/c1-13-11-18(24-19(21-13)14(2)15(3)22-24)23-10-9-20-17(12-23)16-7-5-4-6-8-16/h4-8,11,17,20H,9-10,12H2,1-3H3. The number of fused-ring (bicyclic) bond motifs is 1. The summed E-state index contributed by atoms with van der Waals surface area (Å²) in [5, 5.41) is 8.35. The first-order valence-electron chi connectivity index (χ1n) is 8.50. The zero-order chi connectivity index (χ0) is 16.7. The van der Waals surface area contributed by atoms with E-state index in [9.17, 15) is 0 Å². The number of aryl methyl sites for hydroxylation is 3. The third-order valence-corrected chi connectivity index (χ3v) is 4.87. The number of anilines is 1. The van der Waals surface area contributed by atoms with E-state index in [1.54, 1.807) is 0 Å². The maximum absolute atomic E-state index is 4.72. The van der Waals surface area contributed by atoms with Gasteiger partial charge in [0.2, 0.25) is 0 Å². The van der Waals surface area contributed by atoms with Crippen LogP contribution in [-0.2, 0) is 0 Å². The molecule has 1 atom stereocenters. The van der Waals surface area contributed by atoms with Gasteiger partial charge in [-0.25, -0.2) is 4.98 Å². The molecule has 3 heterocycles. The summed E-state index contributed by atoms with van der Waals surface area (Å²) in [7, 11) is 0. The summed E-state index contributed by atoms with van der Waals surface area (Å²) in [5.41, 5.74) is 5.54. The highest BCUT2D eigenvalue weighted by atomic mass is 15.4. The monoisotopic (exact) mass is 321 g/mol. The molecule has 1 N–H and O–H groups in total. The molecule has 1 unspecified atom stereocenters. The van der Waals surface area contributed by atoms with Crippen molar-refractivity contribution in [3.63, 3.8) is 0 Å². The van der Waals surface area contributed by atoms with Crippen LogP contribution in [0.4, 0.5) is 5.82 Å². The highest BCUT2D eigenvalue weighted by Crippen LogP contribution is 2.25. The van der Waals surface area contributed by atoms with E-state index in [4.69, 9.17) is 5.10 Å². The van der Waals surface area contributed by atoms with Crippen molar-refractivity contribution in [2.24, 2.45) is 0 Å². The fourth-order valence-corrected chi connectivity index (χ4v) is 3.42. The first-order valence-corrected chi connectivity index (χ1v) is 8.50. The van der Waals surface area contributed by atoms with Gasteiger partial charge in [-0.3, -0.25) is 0 Å². The van der Waals surface area contributed by atoms with Crippen molar-refractivity contribution < 1.29 is 0 Å². The van der Waals surface area contributed by atoms with Gasteiger partial charge in [-0.1, -0.05) is 30.3 Å². The minimum absolute atomic E-state index is 0.334. The van der Waals surface area contributed by atoms with E-state index in [0.29, 0.717) is 6.04 Å². The van der Waals surface area contributed by atoms with Gasteiger partial charge in [0.1, 0.15) is 5.82 Å². The van der Waals surface area contributed by atoms with Gasteiger partial charge < -0.3 is 10.2 Å². The Kier molecular flexibility index (Phi) is 3.73. The number of aromatic nitrogens is 3. The Bertz CT molecular complexity index is 868. The zero-order valence-electron chi connectivity index (χ0n) is 14.5. The molecule has 5 nitrogen and oxygen atoms in total. The lowest BCUT2D eigenvalue weighted by Crippen LogP contribution is -2.46. The summed E-state index contributed by atoms with van der Waals surface area (Å²) in [6.07, 6.45) is 0. The topological polar surface area (TPSA) is 45.5 Å². The number of benzene rings is 1. The van der Waals surface area contributed by atoms with Crippen molar-refractivity contribution in [1.82, 2.24) is 19.9 Å². The molecule has 2 aromatic heterocycles. The van der Waals surface area contributed by atoms with E-state index >= 15 is 0 Å². The molecule has 5 heteroatoms. The third-order valence-electron chi connectivity index (χ3n) is 4.87. The van der Waals surface area contributed by atoms with Crippen LogP contribution in [0.1, 0.15) is 28.6 Å². The molecule has 124 valence electrons. The van der Waals surface area contributed by atoms with Gasteiger partial charge in [0.25, 0.3) is 0 Å². The first kappa shape index (κ1) is 15.1. The van der Waals surface area contributed by atoms with Crippen LogP contribution >= 0.6 is 0 Å². The van der Waals surface area contributed by atoms with Gasteiger partial charge in [0.05, 0.1) is 5.69 Å². The van der Waals surface area contributed by atoms with E-state index in [1.165, 1.54) is 5.56 Å². The molecule has 0 radical (unpaired) electrons. The molecule has 0 aliphatic carbocycles. The Morgan fingerprint density at radius 2 is 1.92 bits per heavy atom. The number of rotatable bonds is 2. The summed E-state index contributed by atoms with van der Waals surface area (Å²) in [4.78, 5) is 7.11. The van der Waals surface area contributed by atoms with Crippen molar-refractivity contribution in [3.8, 4) is 0 Å². The minimum atomic E-state index is 0.334. The van der Waals surface area contributed by atoms with E-state index in [0.717, 1.165) is 48.1 Å². The summed E-state index contributed by atoms with van der Waals surface area (Å²) in [6, 6.07) is 13.1. The lowest BCUT2D eigenvalue weighted by molar-refractivity contribution is 0.467. The van der Waals surface area contributed by atoms with Gasteiger partial charge in [-0.15, -0.1) is 0 Å². The summed E-state index contributed by atoms with van der Waals surface area (Å²) in [6.45, 7) is 9.07. The number of hydrogen-bond acceptors (Lipinski definition) is 4. The molecule has 1 aliphatic heterocycles. The van der Waals surface area contributed by atoms with E-state index in [2.05, 4.69) is 65.4 Å². The predicted octanol–water partition coefficient (Wildman–Crippen LogP) is 2.81. The Labute approximate surface area is 142 Å². The van der Waals surface area contributed by atoms with Gasteiger partial charge in [-0.2, -0.15) is 9.61 Å². The average molecular weight is 321 g/mol. The van der Waals surface area contributed by atoms with Gasteiger partial charge in [0, 0.05) is 43.0 Å². The fourth-order valence-electron chi connectivity index (χ4n) is 3.42. The molecule has 4 rings (SSSR count). The van der Waals surface area contributed by atoms with E-state index in [1.807, 2.05) is 11.4 Å². The summed E-state index contributed by atoms with van der Waals surface area (Å²) in [5.74, 6) is 1.14. The largest absolute Gasteiger partial charge is 0.353 e. The predicted molar refractivity (Wildman–Crippen MR) is 96.6 cm³/mol. The van der Waals surface area contributed by atoms with Crippen LogP contribution in [0.25, 0.3) is 5.65 Å². The second-order valence-corrected chi connectivity index (χ2v) is 6.56. The Hall–Kier alpha value is -2.40. The molecule has 3 aromatic rings. The Morgan fingerprint density at radius 3 is 2.71 bits per heavy atom. The van der Waals surface area contributed by atoms with Gasteiger partial charge in [0.15, 0.2) is 5.65 Å². The van der Waals surface area contributed by atoms with E-state index in [-0.39, 0.29) is 0 Å². The molecule has 0 bridgehead atoms. The zero-order valence-corrected chi connectivity index (χ0v) is 14.5. The molecule has 1 aromatic carbocycles. The van der Waals surface area contributed by atoms with Crippen molar-refractivity contribution in [2.45, 2.75) is 26.8 Å². The number of nitrogens with one attached hydrogen (secondary N) is 1. The normalized spacial score (nSPS) is 18.3. The quantitative estimate of drug-likeness (QED) is 0.788. The van der Waals surface area contributed by atoms with E-state index < -0.39 is 0 Å². The molecule has 24 heavy (non-hydrogen) atoms. The molecule has 1 fully saturated rings. The van der Waals surface area contributed by atoms with Crippen LogP contribution in [0.2, 0.25) is 0 Å².